The van der Waals surface area contributed by atoms with Crippen LogP contribution in [0.25, 0.3) is 0 Å². The van der Waals surface area contributed by atoms with Crippen molar-refractivity contribution in [1.82, 2.24) is 16.0 Å². The summed E-state index contributed by atoms with van der Waals surface area (Å²) >= 11 is 0. The molecule has 1 aliphatic heterocycles. The minimum absolute atomic E-state index is 0. The van der Waals surface area contributed by atoms with E-state index in [0.29, 0.717) is 0 Å². The lowest BCUT2D eigenvalue weighted by molar-refractivity contribution is -0.134. The molecule has 0 aromatic rings. The molecule has 5 nitrogen and oxygen atoms in total. The fourth-order valence-electron chi connectivity index (χ4n) is 3.00. The van der Waals surface area contributed by atoms with Crippen molar-refractivity contribution in [2.75, 3.05) is 13.1 Å². The molecule has 0 aromatic heterocycles. The summed E-state index contributed by atoms with van der Waals surface area (Å²) in [7, 11) is 0. The van der Waals surface area contributed by atoms with E-state index < -0.39 is 5.54 Å². The highest BCUT2D eigenvalue weighted by Gasteiger charge is 2.41. The van der Waals surface area contributed by atoms with E-state index in [1.807, 2.05) is 0 Å². The van der Waals surface area contributed by atoms with E-state index in [1.54, 1.807) is 0 Å². The van der Waals surface area contributed by atoms with Crippen LogP contribution in [0.15, 0.2) is 0 Å². The van der Waals surface area contributed by atoms with Gasteiger partial charge in [0.25, 0.3) is 0 Å². The van der Waals surface area contributed by atoms with E-state index in [9.17, 15) is 9.59 Å². The van der Waals surface area contributed by atoms with Crippen LogP contribution >= 0.6 is 12.4 Å². The third-order valence-electron chi connectivity index (χ3n) is 3.95. The maximum atomic E-state index is 12.5. The summed E-state index contributed by atoms with van der Waals surface area (Å²) in [6, 6.07) is 0.213. The molecule has 1 aliphatic carbocycles. The predicted octanol–water partition coefficient (Wildman–Crippen LogP) is 0.725. The average Bonchev–Trinajstić information content (AvgIpc) is 2.82. The summed E-state index contributed by atoms with van der Waals surface area (Å²) in [5, 5.41) is 9.21. The summed E-state index contributed by atoms with van der Waals surface area (Å²) in [5.74, 6) is -0.109. The van der Waals surface area contributed by atoms with Crippen LogP contribution in [-0.2, 0) is 9.59 Å². The number of carbonyl (C=O) groups is 2. The van der Waals surface area contributed by atoms with Crippen molar-refractivity contribution in [3.8, 4) is 0 Å². The van der Waals surface area contributed by atoms with Gasteiger partial charge in [-0.3, -0.25) is 9.59 Å². The topological polar surface area (TPSA) is 70.2 Å². The molecule has 0 bridgehead atoms. The first-order chi connectivity index (χ1) is 8.62. The molecule has 1 saturated heterocycles. The van der Waals surface area contributed by atoms with E-state index in [2.05, 4.69) is 16.0 Å². The molecule has 19 heavy (non-hydrogen) atoms. The van der Waals surface area contributed by atoms with Gasteiger partial charge in [0.05, 0.1) is 0 Å². The van der Waals surface area contributed by atoms with Gasteiger partial charge in [-0.15, -0.1) is 12.4 Å². The minimum Gasteiger partial charge on any atom is -0.350 e. The van der Waals surface area contributed by atoms with Gasteiger partial charge < -0.3 is 16.0 Å². The summed E-state index contributed by atoms with van der Waals surface area (Å²) in [4.78, 5) is 23.8. The van der Waals surface area contributed by atoms with Crippen LogP contribution < -0.4 is 16.0 Å². The maximum absolute atomic E-state index is 12.5. The first-order valence-electron chi connectivity index (χ1n) is 6.93. The molecule has 1 unspecified atom stereocenters. The highest BCUT2D eigenvalue weighted by molar-refractivity contribution is 5.91. The number of nitrogens with one attached hydrogen (secondary N) is 3. The predicted molar refractivity (Wildman–Crippen MR) is 76.3 cm³/mol. The van der Waals surface area contributed by atoms with Gasteiger partial charge in [0, 0.05) is 19.5 Å². The van der Waals surface area contributed by atoms with E-state index in [1.165, 1.54) is 6.92 Å². The second-order valence-corrected chi connectivity index (χ2v) is 5.49. The molecule has 2 fully saturated rings. The van der Waals surface area contributed by atoms with Crippen molar-refractivity contribution >= 4 is 24.2 Å². The zero-order valence-corrected chi connectivity index (χ0v) is 12.3. The zero-order chi connectivity index (χ0) is 13.0. The summed E-state index contributed by atoms with van der Waals surface area (Å²) < 4.78 is 0. The Balaban J connectivity index is 0.00000180. The highest BCUT2D eigenvalue weighted by Crippen LogP contribution is 2.28. The molecule has 0 radical (unpaired) electrons. The van der Waals surface area contributed by atoms with Crippen LogP contribution in [0, 0.1) is 0 Å². The van der Waals surface area contributed by atoms with Gasteiger partial charge in [-0.25, -0.2) is 0 Å². The quantitative estimate of drug-likeness (QED) is 0.717. The van der Waals surface area contributed by atoms with Crippen LogP contribution in [-0.4, -0.2) is 36.5 Å². The Hall–Kier alpha value is -0.810. The van der Waals surface area contributed by atoms with Crippen molar-refractivity contribution in [2.45, 2.75) is 57.0 Å². The summed E-state index contributed by atoms with van der Waals surface area (Å²) in [5.41, 5.74) is -0.660. The molecule has 2 amide bonds. The Labute approximate surface area is 120 Å². The summed E-state index contributed by atoms with van der Waals surface area (Å²) in [6.07, 6.45) is 5.67. The fourth-order valence-corrected chi connectivity index (χ4v) is 3.00. The Kier molecular flexibility index (Phi) is 6.07. The molecule has 3 N–H and O–H groups in total. The molecule has 1 saturated carbocycles. The van der Waals surface area contributed by atoms with Crippen molar-refractivity contribution in [2.24, 2.45) is 0 Å². The normalized spacial score (nSPS) is 25.2. The lowest BCUT2D eigenvalue weighted by Gasteiger charge is -2.37. The van der Waals surface area contributed by atoms with E-state index in [4.69, 9.17) is 0 Å². The molecule has 6 heteroatoms. The second kappa shape index (κ2) is 7.10. The second-order valence-electron chi connectivity index (χ2n) is 5.49. The summed E-state index contributed by atoms with van der Waals surface area (Å²) in [6.45, 7) is 3.28. The van der Waals surface area contributed by atoms with Gasteiger partial charge in [-0.05, 0) is 25.8 Å². The van der Waals surface area contributed by atoms with E-state index >= 15 is 0 Å². The zero-order valence-electron chi connectivity index (χ0n) is 11.5. The largest absolute Gasteiger partial charge is 0.350 e. The molecule has 0 spiro atoms. The van der Waals surface area contributed by atoms with Crippen molar-refractivity contribution in [3.05, 3.63) is 0 Å². The van der Waals surface area contributed by atoms with Gasteiger partial charge >= 0.3 is 0 Å². The van der Waals surface area contributed by atoms with Crippen LogP contribution in [0.2, 0.25) is 0 Å². The molecule has 2 aliphatic rings. The van der Waals surface area contributed by atoms with Crippen molar-refractivity contribution < 1.29 is 9.59 Å². The molecule has 2 rings (SSSR count). The highest BCUT2D eigenvalue weighted by atomic mass is 35.5. The van der Waals surface area contributed by atoms with Crippen LogP contribution in [0.5, 0.6) is 0 Å². The van der Waals surface area contributed by atoms with Crippen molar-refractivity contribution in [3.63, 3.8) is 0 Å². The number of halogens is 1. The number of rotatable bonds is 3. The average molecular weight is 290 g/mol. The van der Waals surface area contributed by atoms with Gasteiger partial charge in [0.15, 0.2) is 0 Å². The molecule has 110 valence electrons. The Bertz CT molecular complexity index is 324. The fraction of sp³-hybridized carbons (Fsp3) is 0.846. The third kappa shape index (κ3) is 4.08. The Morgan fingerprint density at radius 2 is 1.89 bits per heavy atom. The molecule has 1 heterocycles. The van der Waals surface area contributed by atoms with Gasteiger partial charge in [0.1, 0.15) is 5.54 Å². The van der Waals surface area contributed by atoms with Gasteiger partial charge in [0.2, 0.25) is 11.8 Å². The van der Waals surface area contributed by atoms with Crippen molar-refractivity contribution in [1.29, 1.82) is 0 Å². The number of hydrogen-bond donors (Lipinski definition) is 3. The van der Waals surface area contributed by atoms with Crippen LogP contribution in [0.4, 0.5) is 0 Å². The minimum atomic E-state index is -0.660. The standard InChI is InChI=1S/C13H23N3O2.ClH/c1-10(17)16-13(6-3-2-4-7-13)12(18)15-11-5-8-14-9-11;/h11,14H,2-9H2,1H3,(H,15,18)(H,16,17);1H. The lowest BCUT2D eigenvalue weighted by Crippen LogP contribution is -2.61. The number of carbonyl (C=O) groups excluding carboxylic acids is 2. The molecule has 0 aromatic carbocycles. The third-order valence-corrected chi connectivity index (χ3v) is 3.95. The van der Waals surface area contributed by atoms with Gasteiger partial charge in [-0.1, -0.05) is 19.3 Å². The van der Waals surface area contributed by atoms with Crippen LogP contribution in [0.3, 0.4) is 0 Å². The number of amides is 2. The Morgan fingerprint density at radius 1 is 1.21 bits per heavy atom. The molecular weight excluding hydrogens is 266 g/mol. The molecule has 1 atom stereocenters. The smallest absolute Gasteiger partial charge is 0.246 e. The number of hydrogen-bond acceptors (Lipinski definition) is 3. The first-order valence-corrected chi connectivity index (χ1v) is 6.93. The maximum Gasteiger partial charge on any atom is 0.246 e. The van der Waals surface area contributed by atoms with E-state index in [0.717, 1.165) is 51.6 Å². The lowest BCUT2D eigenvalue weighted by atomic mass is 9.80. The first kappa shape index (κ1) is 16.2. The monoisotopic (exact) mass is 289 g/mol. The van der Waals surface area contributed by atoms with E-state index in [-0.39, 0.29) is 30.3 Å². The SMILES string of the molecule is CC(=O)NC1(C(=O)NC2CCNC2)CCCCC1.Cl. The Morgan fingerprint density at radius 3 is 2.42 bits per heavy atom. The molecular formula is C13H24ClN3O2. The van der Waals surface area contributed by atoms with Crippen LogP contribution in [0.1, 0.15) is 45.4 Å². The van der Waals surface area contributed by atoms with Gasteiger partial charge in [-0.2, -0.15) is 0 Å².